The van der Waals surface area contributed by atoms with Crippen LogP contribution in [-0.4, -0.2) is 62.1 Å². The Bertz CT molecular complexity index is 436. The highest BCUT2D eigenvalue weighted by atomic mass is 127. The Labute approximate surface area is 161 Å². The summed E-state index contributed by atoms with van der Waals surface area (Å²) in [5, 5.41) is 6.62. The Hall–Kier alpha value is -0.870. The number of guanidine groups is 1. The van der Waals surface area contributed by atoms with Gasteiger partial charge in [-0.15, -0.1) is 24.0 Å². The van der Waals surface area contributed by atoms with Crippen LogP contribution in [0.15, 0.2) is 23.7 Å². The highest BCUT2D eigenvalue weighted by Crippen LogP contribution is 2.12. The molecule has 1 aromatic rings. The summed E-state index contributed by atoms with van der Waals surface area (Å²) in [7, 11) is 1.79. The number of hydrogen-bond donors (Lipinski definition) is 2. The summed E-state index contributed by atoms with van der Waals surface area (Å²) in [6, 6.07) is 0. The zero-order chi connectivity index (χ0) is 16.2. The lowest BCUT2D eigenvalue weighted by atomic mass is 10.1. The van der Waals surface area contributed by atoms with Crippen molar-refractivity contribution >= 4 is 29.9 Å². The van der Waals surface area contributed by atoms with Crippen molar-refractivity contribution in [3.05, 3.63) is 18.7 Å². The van der Waals surface area contributed by atoms with Gasteiger partial charge in [0.05, 0.1) is 19.5 Å². The van der Waals surface area contributed by atoms with E-state index < -0.39 is 0 Å². The number of aliphatic imine (C=N–C) groups is 1. The molecule has 2 rings (SSSR count). The van der Waals surface area contributed by atoms with E-state index in [1.54, 1.807) is 13.2 Å². The minimum absolute atomic E-state index is 0. The van der Waals surface area contributed by atoms with Gasteiger partial charge in [-0.3, -0.25) is 4.99 Å². The Kier molecular flexibility index (Phi) is 11.8. The highest BCUT2D eigenvalue weighted by Gasteiger charge is 2.15. The summed E-state index contributed by atoms with van der Waals surface area (Å²) in [6.07, 6.45) is 8.76. The Morgan fingerprint density at radius 1 is 1.38 bits per heavy atom. The summed E-state index contributed by atoms with van der Waals surface area (Å²) < 4.78 is 13.1. The minimum Gasteiger partial charge on any atom is -0.381 e. The molecule has 0 bridgehead atoms. The second-order valence-corrected chi connectivity index (χ2v) is 5.74. The zero-order valence-electron chi connectivity index (χ0n) is 14.4. The Balaban J connectivity index is 0.00000288. The molecule has 0 aromatic carbocycles. The van der Waals surface area contributed by atoms with Crippen molar-refractivity contribution in [2.75, 3.05) is 46.6 Å². The third-order valence-electron chi connectivity index (χ3n) is 3.80. The fourth-order valence-corrected chi connectivity index (χ4v) is 2.45. The van der Waals surface area contributed by atoms with E-state index in [1.807, 2.05) is 12.5 Å². The standard InChI is InChI=1S/C16H29N5O2.HI/c1-17-16(19-5-2-8-21-9-7-18-14-21)20-6-3-10-22-12-15-4-11-23-13-15;/h7,9,14-15H,2-6,8,10-13H2,1H3,(H2,17,19,20);1H. The topological polar surface area (TPSA) is 72.7 Å². The van der Waals surface area contributed by atoms with Crippen LogP contribution in [0.4, 0.5) is 0 Å². The highest BCUT2D eigenvalue weighted by molar-refractivity contribution is 14.0. The molecule has 1 atom stereocenters. The maximum absolute atomic E-state index is 5.68. The summed E-state index contributed by atoms with van der Waals surface area (Å²) in [4.78, 5) is 8.25. The predicted molar refractivity (Wildman–Crippen MR) is 106 cm³/mol. The number of rotatable bonds is 10. The molecule has 1 unspecified atom stereocenters. The van der Waals surface area contributed by atoms with Crippen LogP contribution >= 0.6 is 24.0 Å². The molecule has 24 heavy (non-hydrogen) atoms. The van der Waals surface area contributed by atoms with Gasteiger partial charge in [-0.25, -0.2) is 4.98 Å². The number of halogens is 1. The van der Waals surface area contributed by atoms with Gasteiger partial charge in [-0.1, -0.05) is 0 Å². The first-order valence-electron chi connectivity index (χ1n) is 8.44. The van der Waals surface area contributed by atoms with E-state index in [4.69, 9.17) is 9.47 Å². The van der Waals surface area contributed by atoms with Crippen LogP contribution in [0.3, 0.4) is 0 Å². The molecule has 0 radical (unpaired) electrons. The molecule has 1 saturated heterocycles. The van der Waals surface area contributed by atoms with Gasteiger partial charge in [0.15, 0.2) is 5.96 Å². The molecule has 0 spiro atoms. The molecule has 0 saturated carbocycles. The van der Waals surface area contributed by atoms with Crippen molar-refractivity contribution in [1.82, 2.24) is 20.2 Å². The smallest absolute Gasteiger partial charge is 0.190 e. The van der Waals surface area contributed by atoms with Crippen molar-refractivity contribution in [2.45, 2.75) is 25.8 Å². The third kappa shape index (κ3) is 8.84. The number of aryl methyl sites for hydroxylation is 1. The molecule has 0 aliphatic carbocycles. The van der Waals surface area contributed by atoms with Gasteiger partial charge in [0.1, 0.15) is 0 Å². The van der Waals surface area contributed by atoms with E-state index in [9.17, 15) is 0 Å². The largest absolute Gasteiger partial charge is 0.381 e. The van der Waals surface area contributed by atoms with E-state index in [0.717, 1.165) is 71.3 Å². The molecule has 2 N–H and O–H groups in total. The van der Waals surface area contributed by atoms with Gasteiger partial charge in [0.2, 0.25) is 0 Å². The molecule has 8 heteroatoms. The van der Waals surface area contributed by atoms with E-state index in [0.29, 0.717) is 5.92 Å². The van der Waals surface area contributed by atoms with Crippen LogP contribution in [0.5, 0.6) is 0 Å². The molecular formula is C16H30IN5O2. The quantitative estimate of drug-likeness (QED) is 0.244. The van der Waals surface area contributed by atoms with Crippen molar-refractivity contribution in [2.24, 2.45) is 10.9 Å². The fourth-order valence-electron chi connectivity index (χ4n) is 2.45. The summed E-state index contributed by atoms with van der Waals surface area (Å²) in [5.74, 6) is 1.44. The maximum atomic E-state index is 5.68. The monoisotopic (exact) mass is 451 g/mol. The normalized spacial score (nSPS) is 17.5. The van der Waals surface area contributed by atoms with Crippen LogP contribution in [0.2, 0.25) is 0 Å². The van der Waals surface area contributed by atoms with Gasteiger partial charge in [0.25, 0.3) is 0 Å². The first-order valence-corrected chi connectivity index (χ1v) is 8.44. The third-order valence-corrected chi connectivity index (χ3v) is 3.80. The number of nitrogens with one attached hydrogen (secondary N) is 2. The number of nitrogens with zero attached hydrogens (tertiary/aromatic N) is 3. The van der Waals surface area contributed by atoms with E-state index in [-0.39, 0.29) is 24.0 Å². The van der Waals surface area contributed by atoms with E-state index >= 15 is 0 Å². The van der Waals surface area contributed by atoms with Gasteiger partial charge in [-0.2, -0.15) is 0 Å². The van der Waals surface area contributed by atoms with Crippen LogP contribution in [0.25, 0.3) is 0 Å². The number of aromatic nitrogens is 2. The Morgan fingerprint density at radius 2 is 2.21 bits per heavy atom. The molecule has 138 valence electrons. The summed E-state index contributed by atoms with van der Waals surface area (Å²) in [5.41, 5.74) is 0. The number of ether oxygens (including phenoxy) is 2. The molecule has 2 heterocycles. The number of hydrogen-bond acceptors (Lipinski definition) is 4. The van der Waals surface area contributed by atoms with Gasteiger partial charge in [0, 0.05) is 58.2 Å². The fraction of sp³-hybridized carbons (Fsp3) is 0.750. The first kappa shape index (κ1) is 21.2. The van der Waals surface area contributed by atoms with Crippen LogP contribution < -0.4 is 10.6 Å². The molecule has 1 aromatic heterocycles. The number of imidazole rings is 1. The van der Waals surface area contributed by atoms with E-state index in [2.05, 4.69) is 25.2 Å². The van der Waals surface area contributed by atoms with Crippen LogP contribution in [-0.2, 0) is 16.0 Å². The molecule has 1 aliphatic rings. The summed E-state index contributed by atoms with van der Waals surface area (Å²) in [6.45, 7) is 6.05. The maximum Gasteiger partial charge on any atom is 0.190 e. The van der Waals surface area contributed by atoms with Crippen molar-refractivity contribution in [3.63, 3.8) is 0 Å². The lowest BCUT2D eigenvalue weighted by molar-refractivity contribution is 0.0888. The van der Waals surface area contributed by atoms with Crippen molar-refractivity contribution in [3.8, 4) is 0 Å². The SMILES string of the molecule is CN=C(NCCCOCC1CCOC1)NCCCn1ccnc1.I. The second kappa shape index (κ2) is 13.4. The lowest BCUT2D eigenvalue weighted by Gasteiger charge is -2.12. The summed E-state index contributed by atoms with van der Waals surface area (Å²) >= 11 is 0. The average molecular weight is 451 g/mol. The molecular weight excluding hydrogens is 421 g/mol. The molecule has 0 amide bonds. The van der Waals surface area contributed by atoms with E-state index in [1.165, 1.54) is 0 Å². The minimum atomic E-state index is 0. The molecule has 1 fully saturated rings. The van der Waals surface area contributed by atoms with Crippen molar-refractivity contribution < 1.29 is 9.47 Å². The van der Waals surface area contributed by atoms with Gasteiger partial charge in [-0.05, 0) is 19.3 Å². The van der Waals surface area contributed by atoms with Gasteiger partial charge >= 0.3 is 0 Å². The van der Waals surface area contributed by atoms with Crippen LogP contribution in [0, 0.1) is 5.92 Å². The Morgan fingerprint density at radius 3 is 2.88 bits per heavy atom. The average Bonchev–Trinajstić information content (AvgIpc) is 3.26. The molecule has 7 nitrogen and oxygen atoms in total. The van der Waals surface area contributed by atoms with Gasteiger partial charge < -0.3 is 24.7 Å². The second-order valence-electron chi connectivity index (χ2n) is 5.74. The lowest BCUT2D eigenvalue weighted by Crippen LogP contribution is -2.38. The van der Waals surface area contributed by atoms with Crippen molar-refractivity contribution in [1.29, 1.82) is 0 Å². The zero-order valence-corrected chi connectivity index (χ0v) is 16.8. The molecule has 1 aliphatic heterocycles. The first-order chi connectivity index (χ1) is 11.4. The van der Waals surface area contributed by atoms with Crippen LogP contribution in [0.1, 0.15) is 19.3 Å². The predicted octanol–water partition coefficient (Wildman–Crippen LogP) is 1.50.